The summed E-state index contributed by atoms with van der Waals surface area (Å²) < 4.78 is 0.880. The molecule has 0 bridgehead atoms. The lowest BCUT2D eigenvalue weighted by Gasteiger charge is -2.29. The van der Waals surface area contributed by atoms with Gasteiger partial charge in [-0.15, -0.1) is 11.3 Å². The molecule has 2 atom stereocenters. The second-order valence-corrected chi connectivity index (χ2v) is 9.18. The number of hydrogen-bond donors (Lipinski definition) is 3. The number of anilines is 2. The van der Waals surface area contributed by atoms with Crippen LogP contribution in [0.15, 0.2) is 42.0 Å². The first-order chi connectivity index (χ1) is 15.6. The third kappa shape index (κ3) is 4.03. The minimum atomic E-state index is -0.180. The number of rotatable bonds is 5. The van der Waals surface area contributed by atoms with Gasteiger partial charge in [0.15, 0.2) is 0 Å². The van der Waals surface area contributed by atoms with E-state index in [1.807, 2.05) is 29.6 Å². The standard InChI is InChI=1S/C24H26N6OS/c1-2-14-10-16(11-15-6-5-9-26-21(14)15)28-23(31)17-13-32-20-12-27-24(30-22(17)20)29-19-8-4-3-7-18(19)25/h5-6,9-13,18-19H,2-4,7-8,25H2,1H3,(H,28,31)(H,27,29,30)/t18?,19-/m1/s1. The van der Waals surface area contributed by atoms with Crippen LogP contribution in [0.3, 0.4) is 0 Å². The van der Waals surface area contributed by atoms with Crippen LogP contribution in [-0.4, -0.2) is 32.9 Å². The molecule has 32 heavy (non-hydrogen) atoms. The summed E-state index contributed by atoms with van der Waals surface area (Å²) in [6.45, 7) is 2.09. The normalized spacial score (nSPS) is 18.7. The molecule has 1 saturated carbocycles. The third-order valence-electron chi connectivity index (χ3n) is 6.12. The summed E-state index contributed by atoms with van der Waals surface area (Å²) >= 11 is 1.47. The predicted molar refractivity (Wildman–Crippen MR) is 130 cm³/mol. The zero-order valence-corrected chi connectivity index (χ0v) is 18.8. The van der Waals surface area contributed by atoms with Crippen LogP contribution in [0.25, 0.3) is 21.1 Å². The third-order valence-corrected chi connectivity index (χ3v) is 7.02. The van der Waals surface area contributed by atoms with Crippen LogP contribution < -0.4 is 16.4 Å². The molecule has 5 rings (SSSR count). The summed E-state index contributed by atoms with van der Waals surface area (Å²) in [4.78, 5) is 26.8. The molecule has 0 aliphatic heterocycles. The van der Waals surface area contributed by atoms with Crippen molar-refractivity contribution in [3.8, 4) is 0 Å². The number of nitrogens with zero attached hydrogens (tertiary/aromatic N) is 3. The van der Waals surface area contributed by atoms with E-state index in [4.69, 9.17) is 5.73 Å². The van der Waals surface area contributed by atoms with Crippen LogP contribution in [0.4, 0.5) is 11.6 Å². The van der Waals surface area contributed by atoms with Gasteiger partial charge in [0.25, 0.3) is 5.91 Å². The molecule has 3 heterocycles. The van der Waals surface area contributed by atoms with Gasteiger partial charge in [-0.25, -0.2) is 9.97 Å². The fourth-order valence-corrected chi connectivity index (χ4v) is 5.22. The Hall–Kier alpha value is -3.10. The number of thiophene rings is 1. The molecule has 8 heteroatoms. The van der Waals surface area contributed by atoms with Crippen molar-refractivity contribution in [3.05, 3.63) is 53.2 Å². The average Bonchev–Trinajstić information content (AvgIpc) is 3.23. The molecule has 1 aliphatic carbocycles. The monoisotopic (exact) mass is 446 g/mol. The van der Waals surface area contributed by atoms with Crippen LogP contribution in [0, 0.1) is 0 Å². The van der Waals surface area contributed by atoms with E-state index in [0.717, 1.165) is 52.5 Å². The number of nitrogens with one attached hydrogen (secondary N) is 2. The molecule has 0 spiro atoms. The van der Waals surface area contributed by atoms with Gasteiger partial charge in [0, 0.05) is 34.7 Å². The first kappa shape index (κ1) is 20.8. The molecular formula is C24H26N6OS. The molecule has 1 amide bonds. The number of nitrogens with two attached hydrogens (primary N) is 1. The Morgan fingerprint density at radius 1 is 1.22 bits per heavy atom. The minimum absolute atomic E-state index is 0.100. The number of benzene rings is 1. The Morgan fingerprint density at radius 2 is 2.09 bits per heavy atom. The van der Waals surface area contributed by atoms with E-state index in [2.05, 4.69) is 32.5 Å². The molecule has 4 aromatic rings. The van der Waals surface area contributed by atoms with Gasteiger partial charge in [0.2, 0.25) is 5.95 Å². The predicted octanol–water partition coefficient (Wildman–Crippen LogP) is 4.74. The Bertz CT molecular complexity index is 1290. The molecule has 7 nitrogen and oxygen atoms in total. The van der Waals surface area contributed by atoms with Crippen LogP contribution in [0.5, 0.6) is 0 Å². The van der Waals surface area contributed by atoms with Crippen LogP contribution >= 0.6 is 11.3 Å². The topological polar surface area (TPSA) is 106 Å². The Labute approximate surface area is 190 Å². The molecule has 0 saturated heterocycles. The van der Waals surface area contributed by atoms with Crippen LogP contribution in [-0.2, 0) is 6.42 Å². The molecule has 1 unspecified atom stereocenters. The Morgan fingerprint density at radius 3 is 2.94 bits per heavy atom. The number of aromatic nitrogens is 3. The van der Waals surface area contributed by atoms with E-state index < -0.39 is 0 Å². The van der Waals surface area contributed by atoms with Gasteiger partial charge in [0.1, 0.15) is 0 Å². The van der Waals surface area contributed by atoms with E-state index in [1.54, 1.807) is 12.4 Å². The van der Waals surface area contributed by atoms with Gasteiger partial charge in [-0.1, -0.05) is 25.8 Å². The van der Waals surface area contributed by atoms with E-state index in [0.29, 0.717) is 17.0 Å². The lowest BCUT2D eigenvalue weighted by Crippen LogP contribution is -2.42. The lowest BCUT2D eigenvalue weighted by atomic mass is 9.91. The fourth-order valence-electron chi connectivity index (χ4n) is 4.37. The van der Waals surface area contributed by atoms with Crippen molar-refractivity contribution < 1.29 is 4.79 Å². The highest BCUT2D eigenvalue weighted by atomic mass is 32.1. The largest absolute Gasteiger partial charge is 0.350 e. The lowest BCUT2D eigenvalue weighted by molar-refractivity contribution is 0.102. The van der Waals surface area contributed by atoms with E-state index in [1.165, 1.54) is 17.8 Å². The minimum Gasteiger partial charge on any atom is -0.350 e. The van der Waals surface area contributed by atoms with E-state index in [9.17, 15) is 4.79 Å². The summed E-state index contributed by atoms with van der Waals surface area (Å²) in [5, 5.41) is 9.28. The molecular weight excluding hydrogens is 420 g/mol. The maximum atomic E-state index is 13.2. The van der Waals surface area contributed by atoms with Gasteiger partial charge >= 0.3 is 0 Å². The number of amides is 1. The number of fused-ring (bicyclic) bond motifs is 2. The number of pyridine rings is 1. The summed E-state index contributed by atoms with van der Waals surface area (Å²) in [5.41, 5.74) is 10.3. The summed E-state index contributed by atoms with van der Waals surface area (Å²) in [6.07, 6.45) is 8.74. The molecule has 1 aromatic carbocycles. The highest BCUT2D eigenvalue weighted by Crippen LogP contribution is 2.28. The van der Waals surface area contributed by atoms with Gasteiger partial charge in [0.05, 0.1) is 27.5 Å². The second-order valence-electron chi connectivity index (χ2n) is 8.27. The quantitative estimate of drug-likeness (QED) is 0.409. The average molecular weight is 447 g/mol. The molecule has 3 aromatic heterocycles. The first-order valence-electron chi connectivity index (χ1n) is 11.1. The van der Waals surface area contributed by atoms with Gasteiger partial charge in [-0.05, 0) is 43.0 Å². The van der Waals surface area contributed by atoms with Crippen LogP contribution in [0.2, 0.25) is 0 Å². The maximum absolute atomic E-state index is 13.2. The maximum Gasteiger partial charge on any atom is 0.258 e. The zero-order chi connectivity index (χ0) is 22.1. The SMILES string of the molecule is CCc1cc(NC(=O)c2csc3cnc(N[C@@H]4CCCCC4N)nc23)cc2cccnc12. The zero-order valence-electron chi connectivity index (χ0n) is 18.0. The summed E-state index contributed by atoms with van der Waals surface area (Å²) in [5.74, 6) is 0.345. The van der Waals surface area contributed by atoms with E-state index in [-0.39, 0.29) is 18.0 Å². The highest BCUT2D eigenvalue weighted by molar-refractivity contribution is 7.17. The Balaban J connectivity index is 1.42. The van der Waals surface area contributed by atoms with E-state index >= 15 is 0 Å². The number of aryl methyl sites for hydroxylation is 1. The number of carbonyl (C=O) groups excluding carboxylic acids is 1. The van der Waals surface area contributed by atoms with Crippen molar-refractivity contribution in [1.82, 2.24) is 15.0 Å². The Kier molecular flexibility index (Phi) is 5.71. The molecule has 1 fully saturated rings. The molecule has 0 radical (unpaired) electrons. The van der Waals surface area contributed by atoms with Crippen molar-refractivity contribution in [2.75, 3.05) is 10.6 Å². The van der Waals surface area contributed by atoms with Crippen molar-refractivity contribution in [1.29, 1.82) is 0 Å². The van der Waals surface area contributed by atoms with Crippen LogP contribution in [0.1, 0.15) is 48.5 Å². The number of hydrogen-bond acceptors (Lipinski definition) is 7. The van der Waals surface area contributed by atoms with Gasteiger partial charge in [-0.3, -0.25) is 9.78 Å². The van der Waals surface area contributed by atoms with Crippen molar-refractivity contribution in [3.63, 3.8) is 0 Å². The second kappa shape index (κ2) is 8.80. The van der Waals surface area contributed by atoms with Gasteiger partial charge < -0.3 is 16.4 Å². The molecule has 1 aliphatic rings. The summed E-state index contributed by atoms with van der Waals surface area (Å²) in [6, 6.07) is 8.13. The van der Waals surface area contributed by atoms with Gasteiger partial charge in [-0.2, -0.15) is 0 Å². The van der Waals surface area contributed by atoms with Crippen molar-refractivity contribution in [2.24, 2.45) is 5.73 Å². The molecule has 164 valence electrons. The number of carbonyl (C=O) groups is 1. The summed E-state index contributed by atoms with van der Waals surface area (Å²) in [7, 11) is 0. The fraction of sp³-hybridized carbons (Fsp3) is 0.333. The molecule has 4 N–H and O–H groups in total. The highest BCUT2D eigenvalue weighted by Gasteiger charge is 2.23. The van der Waals surface area contributed by atoms with Crippen molar-refractivity contribution in [2.45, 2.75) is 51.1 Å². The van der Waals surface area contributed by atoms with Crippen molar-refractivity contribution >= 4 is 50.0 Å². The smallest absolute Gasteiger partial charge is 0.258 e. The first-order valence-corrected chi connectivity index (χ1v) is 12.0.